The van der Waals surface area contributed by atoms with Gasteiger partial charge < -0.3 is 24.5 Å². The molecule has 0 aliphatic carbocycles. The number of fused-ring (bicyclic) bond motifs is 1. The third kappa shape index (κ3) is 4.09. The Hall–Kier alpha value is -2.96. The van der Waals surface area contributed by atoms with Crippen LogP contribution < -0.4 is 14.8 Å². The topological polar surface area (TPSA) is 89.7 Å². The molecule has 0 spiro atoms. The van der Waals surface area contributed by atoms with Gasteiger partial charge in [0, 0.05) is 29.8 Å². The highest BCUT2D eigenvalue weighted by molar-refractivity contribution is 6.00. The molecule has 1 aliphatic heterocycles. The van der Waals surface area contributed by atoms with Crippen LogP contribution in [0.2, 0.25) is 0 Å². The predicted octanol–water partition coefficient (Wildman–Crippen LogP) is 3.32. The molecule has 1 aromatic heterocycles. The van der Waals surface area contributed by atoms with Gasteiger partial charge in [-0.05, 0) is 44.9 Å². The maximum absolute atomic E-state index is 12.8. The van der Waals surface area contributed by atoms with Gasteiger partial charge >= 0.3 is 5.97 Å². The average Bonchev–Trinajstić information content (AvgIpc) is 3.23. The van der Waals surface area contributed by atoms with E-state index in [2.05, 4.69) is 10.3 Å². The number of hydrogen-bond donors (Lipinski definition) is 2. The van der Waals surface area contributed by atoms with Crippen LogP contribution in [-0.4, -0.2) is 36.7 Å². The Bertz CT molecular complexity index is 932. The summed E-state index contributed by atoms with van der Waals surface area (Å²) >= 11 is 0. The van der Waals surface area contributed by atoms with Crippen molar-refractivity contribution >= 4 is 11.9 Å². The van der Waals surface area contributed by atoms with Gasteiger partial charge in [-0.25, -0.2) is 4.79 Å². The fourth-order valence-electron chi connectivity index (χ4n) is 3.70. The lowest BCUT2D eigenvalue weighted by molar-refractivity contribution is 0.0599. The molecule has 3 rings (SSSR count). The third-order valence-corrected chi connectivity index (χ3v) is 5.12. The zero-order valence-corrected chi connectivity index (χ0v) is 17.6. The predicted molar refractivity (Wildman–Crippen MR) is 109 cm³/mol. The van der Waals surface area contributed by atoms with Gasteiger partial charge in [-0.15, -0.1) is 0 Å². The minimum absolute atomic E-state index is 0.134. The fourth-order valence-corrected chi connectivity index (χ4v) is 3.70. The number of ether oxygens (including phenoxy) is 3. The first-order valence-electron chi connectivity index (χ1n) is 9.92. The van der Waals surface area contributed by atoms with Crippen LogP contribution in [0.1, 0.15) is 64.0 Å². The highest BCUT2D eigenvalue weighted by Crippen LogP contribution is 2.35. The molecule has 0 radical (unpaired) electrons. The molecule has 2 aromatic rings. The van der Waals surface area contributed by atoms with Crippen molar-refractivity contribution < 1.29 is 23.8 Å². The van der Waals surface area contributed by atoms with Crippen molar-refractivity contribution in [3.05, 3.63) is 45.8 Å². The Labute approximate surface area is 170 Å². The van der Waals surface area contributed by atoms with Gasteiger partial charge in [-0.1, -0.05) is 6.92 Å². The number of rotatable bonds is 7. The zero-order chi connectivity index (χ0) is 21.1. The number of carbonyl (C=O) groups excluding carboxylic acids is 2. The van der Waals surface area contributed by atoms with Crippen LogP contribution >= 0.6 is 0 Å². The molecule has 1 aliphatic rings. The Morgan fingerprint density at radius 2 is 2.07 bits per heavy atom. The van der Waals surface area contributed by atoms with Crippen LogP contribution in [-0.2, 0) is 24.1 Å². The van der Waals surface area contributed by atoms with Crippen LogP contribution in [0.4, 0.5) is 0 Å². The lowest BCUT2D eigenvalue weighted by Crippen LogP contribution is -2.24. The standard InChI is InChI=1S/C22H28N2O5/c1-6-16-19(22(26)27-5)13(4)20(24-16)21(25)23-11-15-10-18-14(8-12(3)29-18)9-17(15)28-7-2/h9-10,12,24H,6-8,11H2,1-5H3,(H,23,25). The molecule has 7 nitrogen and oxygen atoms in total. The van der Waals surface area contributed by atoms with Crippen molar-refractivity contribution in [2.75, 3.05) is 13.7 Å². The van der Waals surface area contributed by atoms with Gasteiger partial charge in [-0.3, -0.25) is 4.79 Å². The van der Waals surface area contributed by atoms with Gasteiger partial charge in [0.05, 0.1) is 19.3 Å². The van der Waals surface area contributed by atoms with Crippen LogP contribution in [0.15, 0.2) is 12.1 Å². The van der Waals surface area contributed by atoms with Gasteiger partial charge in [0.15, 0.2) is 0 Å². The van der Waals surface area contributed by atoms with Crippen LogP contribution in [0, 0.1) is 6.92 Å². The number of nitrogens with one attached hydrogen (secondary N) is 2. The normalized spacial score (nSPS) is 14.9. The molecular formula is C22H28N2O5. The van der Waals surface area contributed by atoms with Crippen molar-refractivity contribution in [1.82, 2.24) is 10.3 Å². The zero-order valence-electron chi connectivity index (χ0n) is 17.6. The summed E-state index contributed by atoms with van der Waals surface area (Å²) < 4.78 is 16.5. The second-order valence-corrected chi connectivity index (χ2v) is 7.14. The highest BCUT2D eigenvalue weighted by Gasteiger charge is 2.25. The lowest BCUT2D eigenvalue weighted by atomic mass is 10.1. The number of H-pyrrole nitrogens is 1. The summed E-state index contributed by atoms with van der Waals surface area (Å²) in [6.07, 6.45) is 1.57. The quantitative estimate of drug-likeness (QED) is 0.696. The van der Waals surface area contributed by atoms with Crippen molar-refractivity contribution in [1.29, 1.82) is 0 Å². The third-order valence-electron chi connectivity index (χ3n) is 5.12. The molecule has 0 saturated carbocycles. The Morgan fingerprint density at radius 3 is 2.72 bits per heavy atom. The van der Waals surface area contributed by atoms with E-state index >= 15 is 0 Å². The maximum atomic E-state index is 12.8. The molecule has 1 unspecified atom stereocenters. The Balaban J connectivity index is 1.82. The first-order valence-corrected chi connectivity index (χ1v) is 9.92. The molecule has 1 aromatic carbocycles. The Kier molecular flexibility index (Phi) is 6.15. The van der Waals surface area contributed by atoms with E-state index in [4.69, 9.17) is 14.2 Å². The Morgan fingerprint density at radius 1 is 1.31 bits per heavy atom. The summed E-state index contributed by atoms with van der Waals surface area (Å²) in [5.74, 6) is 0.849. The highest BCUT2D eigenvalue weighted by atomic mass is 16.5. The van der Waals surface area contributed by atoms with E-state index < -0.39 is 5.97 Å². The van der Waals surface area contributed by atoms with E-state index in [9.17, 15) is 9.59 Å². The molecule has 0 fully saturated rings. The van der Waals surface area contributed by atoms with Gasteiger partial charge in [0.25, 0.3) is 5.91 Å². The second kappa shape index (κ2) is 8.59. The maximum Gasteiger partial charge on any atom is 0.339 e. The molecule has 2 N–H and O–H groups in total. The van der Waals surface area contributed by atoms with Gasteiger partial charge in [-0.2, -0.15) is 0 Å². The number of aromatic amines is 1. The lowest BCUT2D eigenvalue weighted by Gasteiger charge is -2.13. The molecule has 2 heterocycles. The van der Waals surface area contributed by atoms with E-state index in [1.807, 2.05) is 32.9 Å². The number of benzene rings is 1. The van der Waals surface area contributed by atoms with E-state index in [0.717, 1.165) is 29.0 Å². The van der Waals surface area contributed by atoms with Crippen LogP contribution in [0.25, 0.3) is 0 Å². The summed E-state index contributed by atoms with van der Waals surface area (Å²) in [5, 5.41) is 2.92. The van der Waals surface area contributed by atoms with E-state index in [1.165, 1.54) is 7.11 Å². The van der Waals surface area contributed by atoms with E-state index in [1.54, 1.807) is 6.92 Å². The van der Waals surface area contributed by atoms with Crippen molar-refractivity contribution in [2.45, 2.75) is 53.2 Å². The summed E-state index contributed by atoms with van der Waals surface area (Å²) in [4.78, 5) is 28.0. The molecule has 0 saturated heterocycles. The number of methoxy groups -OCH3 is 1. The number of amides is 1. The summed E-state index contributed by atoms with van der Waals surface area (Å²) in [5.41, 5.74) is 4.03. The average molecular weight is 400 g/mol. The van der Waals surface area contributed by atoms with Crippen molar-refractivity contribution in [3.63, 3.8) is 0 Å². The molecule has 156 valence electrons. The first kappa shape index (κ1) is 20.8. The summed E-state index contributed by atoms with van der Waals surface area (Å²) in [7, 11) is 1.33. The van der Waals surface area contributed by atoms with Crippen molar-refractivity contribution in [3.8, 4) is 11.5 Å². The number of aromatic nitrogens is 1. The molecule has 7 heteroatoms. The summed E-state index contributed by atoms with van der Waals surface area (Å²) in [6, 6.07) is 3.93. The number of hydrogen-bond acceptors (Lipinski definition) is 5. The number of esters is 1. The van der Waals surface area contributed by atoms with Gasteiger partial charge in [0.1, 0.15) is 23.3 Å². The largest absolute Gasteiger partial charge is 0.494 e. The number of carbonyl (C=O) groups is 2. The molecular weight excluding hydrogens is 372 g/mol. The second-order valence-electron chi connectivity index (χ2n) is 7.14. The van der Waals surface area contributed by atoms with Crippen LogP contribution in [0.3, 0.4) is 0 Å². The first-order chi connectivity index (χ1) is 13.9. The minimum atomic E-state index is -0.446. The molecule has 1 amide bonds. The minimum Gasteiger partial charge on any atom is -0.494 e. The molecule has 29 heavy (non-hydrogen) atoms. The van der Waals surface area contributed by atoms with Crippen molar-refractivity contribution in [2.24, 2.45) is 0 Å². The molecule has 0 bridgehead atoms. The SMILES string of the molecule is CCOc1cc2c(cc1CNC(=O)c1[nH]c(CC)c(C(=O)OC)c1C)OC(C)C2. The summed E-state index contributed by atoms with van der Waals surface area (Å²) in [6.45, 7) is 8.44. The van der Waals surface area contributed by atoms with Gasteiger partial charge in [0.2, 0.25) is 0 Å². The van der Waals surface area contributed by atoms with E-state index in [0.29, 0.717) is 35.5 Å². The number of aryl methyl sites for hydroxylation is 1. The fraction of sp³-hybridized carbons (Fsp3) is 0.455. The molecule has 1 atom stereocenters. The monoisotopic (exact) mass is 400 g/mol. The van der Waals surface area contributed by atoms with Crippen LogP contribution in [0.5, 0.6) is 11.5 Å². The smallest absolute Gasteiger partial charge is 0.339 e. The van der Waals surface area contributed by atoms with E-state index in [-0.39, 0.29) is 18.6 Å².